The Kier molecular flexibility index (Phi) is 6.61. The molecule has 0 atom stereocenters. The van der Waals surface area contributed by atoms with Crippen LogP contribution in [0.25, 0.3) is 0 Å². The Bertz CT molecular complexity index is 930. The van der Waals surface area contributed by atoms with E-state index < -0.39 is 0 Å². The first-order chi connectivity index (χ1) is 14.5. The van der Waals surface area contributed by atoms with Crippen molar-refractivity contribution < 1.29 is 19.2 Å². The lowest BCUT2D eigenvalue weighted by Gasteiger charge is -2.18. The van der Waals surface area contributed by atoms with Crippen LogP contribution in [0.5, 0.6) is 0 Å². The molecule has 156 valence electrons. The van der Waals surface area contributed by atoms with E-state index in [9.17, 15) is 19.2 Å². The maximum absolute atomic E-state index is 12.3. The minimum absolute atomic E-state index is 0.0428. The molecule has 1 heterocycles. The van der Waals surface area contributed by atoms with Gasteiger partial charge in [0.25, 0.3) is 17.7 Å². The molecule has 0 fully saturated rings. The van der Waals surface area contributed by atoms with Gasteiger partial charge in [-0.15, -0.1) is 0 Å². The molecule has 7 nitrogen and oxygen atoms in total. The second-order valence-corrected chi connectivity index (χ2v) is 7.01. The van der Waals surface area contributed by atoms with Gasteiger partial charge >= 0.3 is 0 Å². The first-order valence-corrected chi connectivity index (χ1v) is 10.1. The summed E-state index contributed by atoms with van der Waals surface area (Å²) in [7, 11) is 0. The van der Waals surface area contributed by atoms with E-state index in [1.54, 1.807) is 53.4 Å². The number of carbonyl (C=O) groups is 4. The average molecular weight is 407 g/mol. The van der Waals surface area contributed by atoms with E-state index in [4.69, 9.17) is 0 Å². The number of rotatable bonds is 8. The van der Waals surface area contributed by atoms with E-state index in [2.05, 4.69) is 5.32 Å². The van der Waals surface area contributed by atoms with Crippen LogP contribution >= 0.6 is 0 Å². The van der Waals surface area contributed by atoms with Crippen LogP contribution in [0, 0.1) is 0 Å². The Labute approximate surface area is 175 Å². The number of carbonyl (C=O) groups excluding carboxylic acids is 4. The van der Waals surface area contributed by atoms with Crippen molar-refractivity contribution in [3.8, 4) is 0 Å². The molecular weight excluding hydrogens is 382 g/mol. The van der Waals surface area contributed by atoms with Crippen molar-refractivity contribution in [2.75, 3.05) is 25.0 Å². The first kappa shape index (κ1) is 21.2. The lowest BCUT2D eigenvalue weighted by molar-refractivity contribution is -0.116. The summed E-state index contributed by atoms with van der Waals surface area (Å²) in [5, 5.41) is 2.78. The summed E-state index contributed by atoms with van der Waals surface area (Å²) in [5.41, 5.74) is 1.98. The molecule has 1 aliphatic heterocycles. The molecule has 30 heavy (non-hydrogen) atoms. The van der Waals surface area contributed by atoms with Crippen molar-refractivity contribution in [2.45, 2.75) is 26.7 Å². The van der Waals surface area contributed by atoms with Crippen molar-refractivity contribution in [1.29, 1.82) is 0 Å². The maximum atomic E-state index is 12.3. The fraction of sp³-hybridized carbons (Fsp3) is 0.304. The third-order valence-electron chi connectivity index (χ3n) is 5.13. The van der Waals surface area contributed by atoms with Gasteiger partial charge < -0.3 is 10.2 Å². The number of benzene rings is 2. The van der Waals surface area contributed by atoms with Crippen molar-refractivity contribution >= 4 is 29.3 Å². The molecule has 0 bridgehead atoms. The highest BCUT2D eigenvalue weighted by atomic mass is 16.2. The van der Waals surface area contributed by atoms with Gasteiger partial charge in [0.1, 0.15) is 0 Å². The monoisotopic (exact) mass is 407 g/mol. The minimum atomic E-state index is -0.315. The second kappa shape index (κ2) is 9.35. The first-order valence-electron chi connectivity index (χ1n) is 10.1. The topological polar surface area (TPSA) is 86.8 Å². The predicted octanol–water partition coefficient (Wildman–Crippen LogP) is 3.18. The summed E-state index contributed by atoms with van der Waals surface area (Å²) in [4.78, 5) is 52.1. The highest BCUT2D eigenvalue weighted by molar-refractivity contribution is 6.21. The molecule has 1 aliphatic rings. The van der Waals surface area contributed by atoms with Crippen LogP contribution in [0.1, 0.15) is 57.8 Å². The largest absolute Gasteiger partial charge is 0.339 e. The number of amides is 4. The van der Waals surface area contributed by atoms with Gasteiger partial charge in [0.15, 0.2) is 0 Å². The number of hydrogen-bond acceptors (Lipinski definition) is 4. The molecule has 0 spiro atoms. The maximum Gasteiger partial charge on any atom is 0.261 e. The number of imide groups is 1. The molecule has 2 aromatic carbocycles. The van der Waals surface area contributed by atoms with Gasteiger partial charge in [0.05, 0.1) is 11.1 Å². The van der Waals surface area contributed by atoms with E-state index in [0.717, 1.165) is 0 Å². The van der Waals surface area contributed by atoms with Crippen LogP contribution in [0.4, 0.5) is 5.69 Å². The molecule has 0 unspecified atom stereocenters. The second-order valence-electron chi connectivity index (χ2n) is 7.01. The molecule has 0 aliphatic carbocycles. The van der Waals surface area contributed by atoms with Gasteiger partial charge in [-0.2, -0.15) is 0 Å². The van der Waals surface area contributed by atoms with E-state index in [1.807, 2.05) is 13.8 Å². The normalized spacial score (nSPS) is 12.7. The lowest BCUT2D eigenvalue weighted by Crippen LogP contribution is -2.31. The van der Waals surface area contributed by atoms with Gasteiger partial charge in [-0.05, 0) is 56.7 Å². The average Bonchev–Trinajstić information content (AvgIpc) is 3.00. The van der Waals surface area contributed by atoms with E-state index >= 15 is 0 Å². The molecule has 0 saturated heterocycles. The zero-order valence-electron chi connectivity index (χ0n) is 17.2. The summed E-state index contributed by atoms with van der Waals surface area (Å²) in [6.07, 6.45) is 0.545. The molecule has 1 N–H and O–H groups in total. The minimum Gasteiger partial charge on any atom is -0.339 e. The quantitative estimate of drug-likeness (QED) is 0.681. The van der Waals surface area contributed by atoms with Crippen molar-refractivity contribution in [3.05, 3.63) is 65.2 Å². The van der Waals surface area contributed by atoms with Crippen LogP contribution in [-0.4, -0.2) is 53.1 Å². The van der Waals surface area contributed by atoms with Gasteiger partial charge in [0, 0.05) is 37.3 Å². The molecule has 7 heteroatoms. The predicted molar refractivity (Wildman–Crippen MR) is 113 cm³/mol. The summed E-state index contributed by atoms with van der Waals surface area (Å²) < 4.78 is 0. The summed E-state index contributed by atoms with van der Waals surface area (Å²) in [6, 6.07) is 13.5. The fourth-order valence-corrected chi connectivity index (χ4v) is 3.45. The zero-order chi connectivity index (χ0) is 21.7. The standard InChI is InChI=1S/C23H25N3O4/c1-3-25(4-2)21(28)16-11-13-17(14-12-16)24-20(27)10-7-15-26-22(29)18-8-5-6-9-19(18)23(26)30/h5-6,8-9,11-14H,3-4,7,10,15H2,1-2H3,(H,24,27). The van der Waals surface area contributed by atoms with Crippen LogP contribution in [-0.2, 0) is 4.79 Å². The van der Waals surface area contributed by atoms with Crippen LogP contribution in [0.3, 0.4) is 0 Å². The highest BCUT2D eigenvalue weighted by Crippen LogP contribution is 2.22. The molecule has 0 aromatic heterocycles. The zero-order valence-corrected chi connectivity index (χ0v) is 17.2. The molecule has 0 saturated carbocycles. The smallest absolute Gasteiger partial charge is 0.261 e. The van der Waals surface area contributed by atoms with E-state index in [-0.39, 0.29) is 36.6 Å². The summed E-state index contributed by atoms with van der Waals surface area (Å²) >= 11 is 0. The number of hydrogen-bond donors (Lipinski definition) is 1. The van der Waals surface area contributed by atoms with E-state index in [0.29, 0.717) is 41.9 Å². The van der Waals surface area contributed by atoms with Gasteiger partial charge in [-0.3, -0.25) is 24.1 Å². The fourth-order valence-electron chi connectivity index (χ4n) is 3.45. The van der Waals surface area contributed by atoms with E-state index in [1.165, 1.54) is 4.90 Å². The summed E-state index contributed by atoms with van der Waals surface area (Å²) in [6.45, 7) is 5.33. The Hall–Kier alpha value is -3.48. The number of anilines is 1. The summed E-state index contributed by atoms with van der Waals surface area (Å²) in [5.74, 6) is -0.887. The molecular formula is C23H25N3O4. The Morgan fingerprint density at radius 2 is 1.47 bits per heavy atom. The molecule has 2 aromatic rings. The highest BCUT2D eigenvalue weighted by Gasteiger charge is 2.34. The van der Waals surface area contributed by atoms with Crippen molar-refractivity contribution in [3.63, 3.8) is 0 Å². The number of nitrogens with zero attached hydrogens (tertiary/aromatic N) is 2. The van der Waals surface area contributed by atoms with Gasteiger partial charge in [-0.1, -0.05) is 12.1 Å². The SMILES string of the molecule is CCN(CC)C(=O)c1ccc(NC(=O)CCCN2C(=O)c3ccccc3C2=O)cc1. The molecule has 0 radical (unpaired) electrons. The lowest BCUT2D eigenvalue weighted by atomic mass is 10.1. The van der Waals surface area contributed by atoms with Crippen LogP contribution in [0.15, 0.2) is 48.5 Å². The van der Waals surface area contributed by atoms with Crippen LogP contribution in [0.2, 0.25) is 0 Å². The van der Waals surface area contributed by atoms with Crippen molar-refractivity contribution in [1.82, 2.24) is 9.80 Å². The Balaban J connectivity index is 1.49. The van der Waals surface area contributed by atoms with Crippen LogP contribution < -0.4 is 5.32 Å². The third-order valence-corrected chi connectivity index (χ3v) is 5.13. The Morgan fingerprint density at radius 3 is 2.00 bits per heavy atom. The molecule has 3 rings (SSSR count). The molecule has 4 amide bonds. The number of nitrogens with one attached hydrogen (secondary N) is 1. The van der Waals surface area contributed by atoms with Crippen molar-refractivity contribution in [2.24, 2.45) is 0 Å². The van der Waals surface area contributed by atoms with Gasteiger partial charge in [-0.25, -0.2) is 0 Å². The Morgan fingerprint density at radius 1 is 0.900 bits per heavy atom. The number of fused-ring (bicyclic) bond motifs is 1. The third kappa shape index (κ3) is 4.40. The van der Waals surface area contributed by atoms with Gasteiger partial charge in [0.2, 0.25) is 5.91 Å².